The molecule has 4 heteroatoms. The smallest absolute Gasteiger partial charge is 0.289 e. The predicted molar refractivity (Wildman–Crippen MR) is 65.9 cm³/mol. The Morgan fingerprint density at radius 2 is 2.18 bits per heavy atom. The van der Waals surface area contributed by atoms with Crippen molar-refractivity contribution in [1.82, 2.24) is 4.90 Å². The zero-order valence-electron chi connectivity index (χ0n) is 10.9. The van der Waals surface area contributed by atoms with Gasteiger partial charge in [0.15, 0.2) is 5.76 Å². The maximum absolute atomic E-state index is 12.1. The van der Waals surface area contributed by atoms with E-state index in [9.17, 15) is 4.79 Å². The minimum Gasteiger partial charge on any atom is -0.453 e. The first-order chi connectivity index (χ1) is 8.22. The molecule has 0 spiro atoms. The molecule has 4 nitrogen and oxygen atoms in total. The molecule has 0 N–H and O–H groups in total. The number of hydrogen-bond acceptors (Lipinski definition) is 3. The normalized spacial score (nSPS) is 10.5. The summed E-state index contributed by atoms with van der Waals surface area (Å²) in [6, 6.07) is 3.50. The van der Waals surface area contributed by atoms with E-state index in [2.05, 4.69) is 6.92 Å². The number of unbranched alkanes of at least 4 members (excludes halogenated alkanes) is 1. The first-order valence-electron chi connectivity index (χ1n) is 6.09. The molecule has 0 aliphatic heterocycles. The molecule has 1 aromatic rings. The summed E-state index contributed by atoms with van der Waals surface area (Å²) in [7, 11) is 1.60. The third-order valence-corrected chi connectivity index (χ3v) is 2.61. The molecular formula is C13H21NO3. The number of ether oxygens (including phenoxy) is 1. The van der Waals surface area contributed by atoms with Crippen molar-refractivity contribution < 1.29 is 13.9 Å². The average Bonchev–Trinajstić information content (AvgIpc) is 2.79. The molecule has 1 rings (SSSR count). The van der Waals surface area contributed by atoms with Gasteiger partial charge in [0.05, 0.1) is 0 Å². The van der Waals surface area contributed by atoms with Crippen molar-refractivity contribution in [2.24, 2.45) is 0 Å². The number of methoxy groups -OCH3 is 1. The molecule has 0 radical (unpaired) electrons. The first-order valence-corrected chi connectivity index (χ1v) is 6.09. The Morgan fingerprint density at radius 3 is 2.76 bits per heavy atom. The van der Waals surface area contributed by atoms with E-state index < -0.39 is 0 Å². The lowest BCUT2D eigenvalue weighted by atomic mass is 10.3. The summed E-state index contributed by atoms with van der Waals surface area (Å²) in [4.78, 5) is 13.9. The van der Waals surface area contributed by atoms with Gasteiger partial charge < -0.3 is 14.1 Å². The van der Waals surface area contributed by atoms with Gasteiger partial charge in [-0.2, -0.15) is 0 Å². The van der Waals surface area contributed by atoms with Gasteiger partial charge in [-0.25, -0.2) is 0 Å². The van der Waals surface area contributed by atoms with Crippen molar-refractivity contribution in [3.63, 3.8) is 0 Å². The quantitative estimate of drug-likeness (QED) is 0.734. The van der Waals surface area contributed by atoms with Crippen molar-refractivity contribution in [3.05, 3.63) is 23.7 Å². The van der Waals surface area contributed by atoms with Gasteiger partial charge in [-0.05, 0) is 25.5 Å². The summed E-state index contributed by atoms with van der Waals surface area (Å²) >= 11 is 0. The minimum absolute atomic E-state index is 0.0386. The lowest BCUT2D eigenvalue weighted by molar-refractivity contribution is 0.0722. The second-order valence-electron chi connectivity index (χ2n) is 3.94. The highest BCUT2D eigenvalue weighted by Crippen LogP contribution is 2.12. The van der Waals surface area contributed by atoms with Gasteiger partial charge in [0.2, 0.25) is 0 Å². The summed E-state index contributed by atoms with van der Waals surface area (Å²) < 4.78 is 10.4. The van der Waals surface area contributed by atoms with Crippen LogP contribution in [0.5, 0.6) is 0 Å². The summed E-state index contributed by atoms with van der Waals surface area (Å²) in [6.45, 7) is 5.98. The van der Waals surface area contributed by atoms with E-state index in [4.69, 9.17) is 9.15 Å². The van der Waals surface area contributed by atoms with Crippen LogP contribution in [-0.4, -0.2) is 31.0 Å². The lowest BCUT2D eigenvalue weighted by Gasteiger charge is -2.19. The molecule has 0 saturated carbocycles. The van der Waals surface area contributed by atoms with Crippen molar-refractivity contribution in [2.45, 2.75) is 33.3 Å². The van der Waals surface area contributed by atoms with Gasteiger partial charge in [0, 0.05) is 20.2 Å². The Morgan fingerprint density at radius 1 is 1.41 bits per heavy atom. The van der Waals surface area contributed by atoms with Crippen LogP contribution in [0.2, 0.25) is 0 Å². The fraction of sp³-hybridized carbons (Fsp3) is 0.615. The van der Waals surface area contributed by atoms with Crippen molar-refractivity contribution in [1.29, 1.82) is 0 Å². The van der Waals surface area contributed by atoms with E-state index in [-0.39, 0.29) is 5.91 Å². The predicted octanol–water partition coefficient (Wildman–Crippen LogP) is 2.69. The largest absolute Gasteiger partial charge is 0.453 e. The van der Waals surface area contributed by atoms with Gasteiger partial charge in [-0.1, -0.05) is 13.3 Å². The number of furan rings is 1. The number of carbonyl (C=O) groups excluding carboxylic acids is 1. The third-order valence-electron chi connectivity index (χ3n) is 2.61. The summed E-state index contributed by atoms with van der Waals surface area (Å²) in [6.07, 6.45) is 2.10. The summed E-state index contributed by atoms with van der Waals surface area (Å²) in [5.41, 5.74) is 0. The SMILES string of the molecule is CCCCN(CC)C(=O)c1ccc(COC)o1. The zero-order chi connectivity index (χ0) is 12.7. The standard InChI is InChI=1S/C13H21NO3/c1-4-6-9-14(5-2)13(15)12-8-7-11(17-12)10-16-3/h7-8H,4-6,9-10H2,1-3H3. The average molecular weight is 239 g/mol. The first kappa shape index (κ1) is 13.8. The molecular weight excluding hydrogens is 218 g/mol. The highest BCUT2D eigenvalue weighted by molar-refractivity contribution is 5.91. The van der Waals surface area contributed by atoms with E-state index >= 15 is 0 Å². The van der Waals surface area contributed by atoms with Crippen LogP contribution in [-0.2, 0) is 11.3 Å². The number of nitrogens with zero attached hydrogens (tertiary/aromatic N) is 1. The lowest BCUT2D eigenvalue weighted by Crippen LogP contribution is -2.31. The van der Waals surface area contributed by atoms with E-state index in [0.717, 1.165) is 19.4 Å². The second kappa shape index (κ2) is 7.12. The third kappa shape index (κ3) is 3.89. The van der Waals surface area contributed by atoms with Crippen molar-refractivity contribution >= 4 is 5.91 Å². The number of carbonyl (C=O) groups is 1. The Kier molecular flexibility index (Phi) is 5.77. The van der Waals surface area contributed by atoms with Crippen molar-refractivity contribution in [2.75, 3.05) is 20.2 Å². The topological polar surface area (TPSA) is 42.7 Å². The molecule has 0 saturated heterocycles. The Labute approximate surface area is 103 Å². The Bertz CT molecular complexity index is 346. The minimum atomic E-state index is -0.0386. The number of amides is 1. The van der Waals surface area contributed by atoms with Crippen molar-refractivity contribution in [3.8, 4) is 0 Å². The highest BCUT2D eigenvalue weighted by Gasteiger charge is 2.17. The molecule has 0 atom stereocenters. The van der Waals surface area contributed by atoms with Gasteiger partial charge in [0.25, 0.3) is 5.91 Å². The van der Waals surface area contributed by atoms with Gasteiger partial charge in [-0.3, -0.25) is 4.79 Å². The Balaban J connectivity index is 2.65. The van der Waals surface area contributed by atoms with Crippen LogP contribution in [0.1, 0.15) is 43.0 Å². The number of rotatable bonds is 7. The fourth-order valence-corrected chi connectivity index (χ4v) is 1.62. The van der Waals surface area contributed by atoms with E-state index in [1.54, 1.807) is 24.1 Å². The van der Waals surface area contributed by atoms with Gasteiger partial charge in [-0.15, -0.1) is 0 Å². The van der Waals surface area contributed by atoms with Crippen LogP contribution >= 0.6 is 0 Å². The molecule has 1 amide bonds. The van der Waals surface area contributed by atoms with Crippen LogP contribution in [0, 0.1) is 0 Å². The van der Waals surface area contributed by atoms with E-state index in [0.29, 0.717) is 24.7 Å². The zero-order valence-corrected chi connectivity index (χ0v) is 10.9. The van der Waals surface area contributed by atoms with Crippen LogP contribution in [0.4, 0.5) is 0 Å². The Hall–Kier alpha value is -1.29. The molecule has 1 aromatic heterocycles. The maximum Gasteiger partial charge on any atom is 0.289 e. The van der Waals surface area contributed by atoms with E-state index in [1.807, 2.05) is 6.92 Å². The molecule has 17 heavy (non-hydrogen) atoms. The summed E-state index contributed by atoms with van der Waals surface area (Å²) in [5, 5.41) is 0. The van der Waals surface area contributed by atoms with Crippen LogP contribution in [0.15, 0.2) is 16.5 Å². The fourth-order valence-electron chi connectivity index (χ4n) is 1.62. The maximum atomic E-state index is 12.1. The molecule has 0 fully saturated rings. The monoisotopic (exact) mass is 239 g/mol. The van der Waals surface area contributed by atoms with E-state index in [1.165, 1.54) is 0 Å². The van der Waals surface area contributed by atoms with Crippen LogP contribution < -0.4 is 0 Å². The van der Waals surface area contributed by atoms with Gasteiger partial charge in [0.1, 0.15) is 12.4 Å². The summed E-state index contributed by atoms with van der Waals surface area (Å²) in [5.74, 6) is 1.04. The number of hydrogen-bond donors (Lipinski definition) is 0. The van der Waals surface area contributed by atoms with Crippen LogP contribution in [0.3, 0.4) is 0 Å². The molecule has 0 aromatic carbocycles. The van der Waals surface area contributed by atoms with Gasteiger partial charge >= 0.3 is 0 Å². The van der Waals surface area contributed by atoms with Crippen LogP contribution in [0.25, 0.3) is 0 Å². The highest BCUT2D eigenvalue weighted by atomic mass is 16.5. The molecule has 0 aliphatic carbocycles. The molecule has 0 bridgehead atoms. The molecule has 1 heterocycles. The second-order valence-corrected chi connectivity index (χ2v) is 3.94. The molecule has 96 valence electrons. The molecule has 0 unspecified atom stereocenters. The molecule has 0 aliphatic rings.